The summed E-state index contributed by atoms with van der Waals surface area (Å²) in [5, 5.41) is 6.79. The molecule has 1 aliphatic carbocycles. The Morgan fingerprint density at radius 3 is 2.62 bits per heavy atom. The maximum Gasteiger partial charge on any atom is 0.190 e. The van der Waals surface area contributed by atoms with E-state index < -0.39 is 0 Å². The Labute approximate surface area is 128 Å². The second kappa shape index (κ2) is 8.55. The average Bonchev–Trinajstić information content (AvgIpc) is 3.35. The predicted octanol–water partition coefficient (Wildman–Crippen LogP) is 2.48. The Morgan fingerprint density at radius 2 is 2.00 bits per heavy atom. The van der Waals surface area contributed by atoms with Crippen LogP contribution in [0.25, 0.3) is 0 Å². The van der Waals surface area contributed by atoms with Crippen molar-refractivity contribution < 1.29 is 0 Å². The van der Waals surface area contributed by atoms with Crippen LogP contribution < -0.4 is 15.5 Å². The van der Waals surface area contributed by atoms with Crippen molar-refractivity contribution in [3.63, 3.8) is 0 Å². The van der Waals surface area contributed by atoms with Gasteiger partial charge in [-0.3, -0.25) is 4.99 Å². The molecule has 2 rings (SSSR count). The summed E-state index contributed by atoms with van der Waals surface area (Å²) in [6.45, 7) is 6.32. The summed E-state index contributed by atoms with van der Waals surface area (Å²) in [6, 6.07) is 10.6. The zero-order valence-electron chi connectivity index (χ0n) is 13.3. The third-order valence-corrected chi connectivity index (χ3v) is 3.88. The van der Waals surface area contributed by atoms with Gasteiger partial charge in [0.2, 0.25) is 0 Å². The summed E-state index contributed by atoms with van der Waals surface area (Å²) in [6.07, 6.45) is 3.84. The minimum Gasteiger partial charge on any atom is -0.372 e. The Kier molecular flexibility index (Phi) is 6.38. The Balaban J connectivity index is 1.65. The highest BCUT2D eigenvalue weighted by Gasteiger charge is 2.20. The van der Waals surface area contributed by atoms with Gasteiger partial charge in [0, 0.05) is 38.9 Å². The van der Waals surface area contributed by atoms with Crippen LogP contribution in [0.3, 0.4) is 0 Å². The molecule has 0 heterocycles. The summed E-state index contributed by atoms with van der Waals surface area (Å²) < 4.78 is 0. The first-order chi connectivity index (χ1) is 10.3. The number of benzene rings is 1. The summed E-state index contributed by atoms with van der Waals surface area (Å²) in [5.74, 6) is 1.81. The molecule has 0 aromatic heterocycles. The summed E-state index contributed by atoms with van der Waals surface area (Å²) >= 11 is 0. The minimum atomic E-state index is 0.872. The lowest BCUT2D eigenvalue weighted by Crippen LogP contribution is -2.39. The fourth-order valence-corrected chi connectivity index (χ4v) is 2.37. The topological polar surface area (TPSA) is 39.7 Å². The van der Waals surface area contributed by atoms with Gasteiger partial charge in [0.05, 0.1) is 0 Å². The predicted molar refractivity (Wildman–Crippen MR) is 91.0 cm³/mol. The monoisotopic (exact) mass is 288 g/mol. The van der Waals surface area contributed by atoms with Crippen molar-refractivity contribution in [2.75, 3.05) is 38.1 Å². The zero-order valence-corrected chi connectivity index (χ0v) is 13.3. The van der Waals surface area contributed by atoms with Crippen LogP contribution in [-0.4, -0.2) is 39.2 Å². The minimum absolute atomic E-state index is 0.872. The Bertz CT molecular complexity index is 426. The summed E-state index contributed by atoms with van der Waals surface area (Å²) in [5.41, 5.74) is 1.30. The van der Waals surface area contributed by atoms with Crippen LogP contribution in [-0.2, 0) is 0 Å². The van der Waals surface area contributed by atoms with E-state index in [1.165, 1.54) is 18.5 Å². The van der Waals surface area contributed by atoms with E-state index in [1.54, 1.807) is 0 Å². The maximum atomic E-state index is 4.26. The number of aliphatic imine (C=N–C) groups is 1. The van der Waals surface area contributed by atoms with Gasteiger partial charge in [-0.05, 0) is 44.2 Å². The molecule has 2 N–H and O–H groups in total. The number of para-hydroxylation sites is 1. The number of nitrogens with zero attached hydrogens (tertiary/aromatic N) is 2. The van der Waals surface area contributed by atoms with E-state index in [1.807, 2.05) is 7.05 Å². The van der Waals surface area contributed by atoms with Crippen molar-refractivity contribution in [3.05, 3.63) is 30.3 Å². The number of hydrogen-bond acceptors (Lipinski definition) is 2. The lowest BCUT2D eigenvalue weighted by Gasteiger charge is -2.23. The van der Waals surface area contributed by atoms with E-state index in [2.05, 4.69) is 57.8 Å². The first kappa shape index (κ1) is 15.7. The maximum absolute atomic E-state index is 4.26. The highest BCUT2D eigenvalue weighted by Crippen LogP contribution is 2.27. The molecule has 0 spiro atoms. The van der Waals surface area contributed by atoms with Crippen LogP contribution in [0.2, 0.25) is 0 Å². The molecule has 0 atom stereocenters. The lowest BCUT2D eigenvalue weighted by molar-refractivity contribution is 0.696. The second-order valence-corrected chi connectivity index (χ2v) is 5.59. The third kappa shape index (κ3) is 5.66. The van der Waals surface area contributed by atoms with E-state index in [4.69, 9.17) is 0 Å². The van der Waals surface area contributed by atoms with Crippen LogP contribution in [0, 0.1) is 5.92 Å². The van der Waals surface area contributed by atoms with Crippen molar-refractivity contribution in [1.29, 1.82) is 0 Å². The van der Waals surface area contributed by atoms with Crippen molar-refractivity contribution in [2.45, 2.75) is 26.2 Å². The molecule has 0 bridgehead atoms. The molecule has 21 heavy (non-hydrogen) atoms. The largest absolute Gasteiger partial charge is 0.372 e. The molecule has 0 saturated heterocycles. The number of nitrogens with one attached hydrogen (secondary N) is 2. The zero-order chi connectivity index (χ0) is 14.9. The molecule has 0 aliphatic heterocycles. The number of anilines is 1. The number of guanidine groups is 1. The quantitative estimate of drug-likeness (QED) is 0.438. The molecular weight excluding hydrogens is 260 g/mol. The van der Waals surface area contributed by atoms with Gasteiger partial charge >= 0.3 is 0 Å². The molecule has 4 nitrogen and oxygen atoms in total. The van der Waals surface area contributed by atoms with Gasteiger partial charge in [-0.2, -0.15) is 0 Å². The molecule has 0 amide bonds. The van der Waals surface area contributed by atoms with E-state index in [0.717, 1.165) is 44.5 Å². The standard InChI is InChI=1S/C17H28N4/c1-3-21(16-8-5-4-6-9-16)13-7-12-19-17(18-2)20-14-15-10-11-15/h4-6,8-9,15H,3,7,10-14H2,1-2H3,(H2,18,19,20). The van der Waals surface area contributed by atoms with Gasteiger partial charge < -0.3 is 15.5 Å². The average molecular weight is 288 g/mol. The highest BCUT2D eigenvalue weighted by atomic mass is 15.2. The van der Waals surface area contributed by atoms with Crippen LogP contribution in [0.15, 0.2) is 35.3 Å². The molecule has 0 radical (unpaired) electrons. The van der Waals surface area contributed by atoms with Crippen molar-refractivity contribution >= 4 is 11.6 Å². The first-order valence-electron chi connectivity index (χ1n) is 8.08. The molecule has 0 unspecified atom stereocenters. The van der Waals surface area contributed by atoms with Crippen molar-refractivity contribution in [2.24, 2.45) is 10.9 Å². The lowest BCUT2D eigenvalue weighted by atomic mass is 10.2. The summed E-state index contributed by atoms with van der Waals surface area (Å²) in [7, 11) is 1.84. The molecule has 1 aromatic carbocycles. The molecule has 1 aliphatic rings. The van der Waals surface area contributed by atoms with Crippen LogP contribution in [0.4, 0.5) is 5.69 Å². The highest BCUT2D eigenvalue weighted by molar-refractivity contribution is 5.79. The van der Waals surface area contributed by atoms with Crippen LogP contribution in [0.1, 0.15) is 26.2 Å². The Morgan fingerprint density at radius 1 is 1.24 bits per heavy atom. The SMILES string of the molecule is CCN(CCCNC(=NC)NCC1CC1)c1ccccc1. The molecule has 1 aromatic rings. The van der Waals surface area contributed by atoms with E-state index in [9.17, 15) is 0 Å². The van der Waals surface area contributed by atoms with Gasteiger partial charge in [-0.15, -0.1) is 0 Å². The molecule has 4 heteroatoms. The number of rotatable bonds is 8. The molecule has 1 fully saturated rings. The van der Waals surface area contributed by atoms with E-state index in [0.29, 0.717) is 0 Å². The van der Waals surface area contributed by atoms with Gasteiger partial charge in [0.15, 0.2) is 5.96 Å². The van der Waals surface area contributed by atoms with Crippen LogP contribution >= 0.6 is 0 Å². The Hall–Kier alpha value is -1.71. The second-order valence-electron chi connectivity index (χ2n) is 5.59. The van der Waals surface area contributed by atoms with Crippen LogP contribution in [0.5, 0.6) is 0 Å². The normalized spacial score (nSPS) is 14.9. The number of hydrogen-bond donors (Lipinski definition) is 2. The smallest absolute Gasteiger partial charge is 0.190 e. The first-order valence-corrected chi connectivity index (χ1v) is 8.08. The molecule has 1 saturated carbocycles. The van der Waals surface area contributed by atoms with Crippen molar-refractivity contribution in [1.82, 2.24) is 10.6 Å². The van der Waals surface area contributed by atoms with Crippen molar-refractivity contribution in [3.8, 4) is 0 Å². The van der Waals surface area contributed by atoms with Gasteiger partial charge in [-0.1, -0.05) is 18.2 Å². The fourth-order valence-electron chi connectivity index (χ4n) is 2.37. The van der Waals surface area contributed by atoms with Gasteiger partial charge in [-0.25, -0.2) is 0 Å². The summed E-state index contributed by atoms with van der Waals surface area (Å²) in [4.78, 5) is 6.67. The third-order valence-electron chi connectivity index (χ3n) is 3.88. The van der Waals surface area contributed by atoms with E-state index in [-0.39, 0.29) is 0 Å². The molecular formula is C17H28N4. The van der Waals surface area contributed by atoms with E-state index >= 15 is 0 Å². The fraction of sp³-hybridized carbons (Fsp3) is 0.588. The molecule has 116 valence electrons. The van der Waals surface area contributed by atoms with Gasteiger partial charge in [0.25, 0.3) is 0 Å². The van der Waals surface area contributed by atoms with Gasteiger partial charge in [0.1, 0.15) is 0 Å².